The van der Waals surface area contributed by atoms with Crippen molar-refractivity contribution in [3.8, 4) is 0 Å². The molecule has 0 aromatic heterocycles. The summed E-state index contributed by atoms with van der Waals surface area (Å²) in [6.07, 6.45) is 2.04. The number of aliphatic imine (C=N–C) groups is 1. The van der Waals surface area contributed by atoms with Gasteiger partial charge in [0, 0.05) is 25.6 Å². The van der Waals surface area contributed by atoms with Gasteiger partial charge in [-0.3, -0.25) is 15.1 Å². The van der Waals surface area contributed by atoms with Crippen LogP contribution in [0.3, 0.4) is 0 Å². The van der Waals surface area contributed by atoms with E-state index in [1.165, 1.54) is 0 Å². The van der Waals surface area contributed by atoms with Crippen LogP contribution in [0.1, 0.15) is 19.8 Å². The summed E-state index contributed by atoms with van der Waals surface area (Å²) in [7, 11) is 3.54. The lowest BCUT2D eigenvalue weighted by molar-refractivity contribution is -0.464. The maximum absolute atomic E-state index is 10.2. The summed E-state index contributed by atoms with van der Waals surface area (Å²) in [4.78, 5) is 15.7. The molecule has 0 heterocycles. The Labute approximate surface area is 78.6 Å². The standard InChI is InChI=1S/C8H17N3O2/c1-4-5-6-9-8(10(2)3)7-11(12)13/h4-7H2,1-3H3. The molecule has 0 aliphatic rings. The molecular formula is C8H17N3O2. The predicted molar refractivity (Wildman–Crippen MR) is 52.8 cm³/mol. The lowest BCUT2D eigenvalue weighted by atomic mass is 10.3. The average Bonchev–Trinajstić information content (AvgIpc) is 2.02. The Hall–Kier alpha value is -1.13. The van der Waals surface area contributed by atoms with E-state index in [2.05, 4.69) is 11.9 Å². The van der Waals surface area contributed by atoms with Gasteiger partial charge in [-0.15, -0.1) is 0 Å². The van der Waals surface area contributed by atoms with E-state index >= 15 is 0 Å². The summed E-state index contributed by atoms with van der Waals surface area (Å²) in [6, 6.07) is 0. The van der Waals surface area contributed by atoms with E-state index < -0.39 is 0 Å². The summed E-state index contributed by atoms with van der Waals surface area (Å²) in [5.74, 6) is 0.540. The highest BCUT2D eigenvalue weighted by atomic mass is 16.6. The molecule has 0 rings (SSSR count). The molecule has 5 nitrogen and oxygen atoms in total. The molecular weight excluding hydrogens is 170 g/mol. The first-order valence-electron chi connectivity index (χ1n) is 4.40. The molecule has 0 aromatic carbocycles. The van der Waals surface area contributed by atoms with Crippen LogP contribution in [-0.4, -0.2) is 42.8 Å². The van der Waals surface area contributed by atoms with Gasteiger partial charge in [-0.25, -0.2) is 0 Å². The number of rotatable bonds is 5. The van der Waals surface area contributed by atoms with Crippen LogP contribution in [-0.2, 0) is 0 Å². The van der Waals surface area contributed by atoms with Gasteiger partial charge in [-0.1, -0.05) is 13.3 Å². The van der Waals surface area contributed by atoms with Gasteiger partial charge in [-0.2, -0.15) is 0 Å². The van der Waals surface area contributed by atoms with E-state index in [1.54, 1.807) is 19.0 Å². The van der Waals surface area contributed by atoms with E-state index in [0.717, 1.165) is 12.8 Å². The summed E-state index contributed by atoms with van der Waals surface area (Å²) in [5.41, 5.74) is 0. The van der Waals surface area contributed by atoms with Crippen molar-refractivity contribution in [2.75, 3.05) is 27.2 Å². The third kappa shape index (κ3) is 6.07. The van der Waals surface area contributed by atoms with Crippen molar-refractivity contribution >= 4 is 5.84 Å². The van der Waals surface area contributed by atoms with Crippen molar-refractivity contribution in [3.05, 3.63) is 10.1 Å². The third-order valence-electron chi connectivity index (χ3n) is 1.59. The molecule has 0 aromatic rings. The Morgan fingerprint density at radius 1 is 1.54 bits per heavy atom. The SMILES string of the molecule is CCCCN=C(C[N+](=O)[O-])N(C)C. The van der Waals surface area contributed by atoms with Crippen LogP contribution < -0.4 is 0 Å². The first-order chi connectivity index (χ1) is 6.07. The fourth-order valence-electron chi connectivity index (χ4n) is 0.815. The van der Waals surface area contributed by atoms with Crippen molar-refractivity contribution in [1.29, 1.82) is 0 Å². The van der Waals surface area contributed by atoms with Crippen molar-refractivity contribution in [1.82, 2.24) is 4.90 Å². The molecule has 0 aliphatic heterocycles. The zero-order valence-corrected chi connectivity index (χ0v) is 8.49. The zero-order valence-electron chi connectivity index (χ0n) is 8.49. The van der Waals surface area contributed by atoms with Crippen molar-refractivity contribution in [3.63, 3.8) is 0 Å². The van der Waals surface area contributed by atoms with E-state index in [-0.39, 0.29) is 11.5 Å². The molecule has 0 aliphatic carbocycles. The van der Waals surface area contributed by atoms with Crippen LogP contribution in [0.4, 0.5) is 0 Å². The minimum Gasteiger partial charge on any atom is -0.361 e. The van der Waals surface area contributed by atoms with E-state index in [4.69, 9.17) is 0 Å². The number of hydrogen-bond donors (Lipinski definition) is 0. The Balaban J connectivity index is 4.07. The van der Waals surface area contributed by atoms with Gasteiger partial charge in [0.1, 0.15) is 0 Å². The molecule has 0 atom stereocenters. The molecule has 0 radical (unpaired) electrons. The van der Waals surface area contributed by atoms with Crippen LogP contribution in [0.5, 0.6) is 0 Å². The van der Waals surface area contributed by atoms with Crippen LogP contribution in [0.25, 0.3) is 0 Å². The molecule has 0 fully saturated rings. The summed E-state index contributed by atoms with van der Waals surface area (Å²) < 4.78 is 0. The van der Waals surface area contributed by atoms with Gasteiger partial charge in [0.15, 0.2) is 5.84 Å². The number of hydrogen-bond acceptors (Lipinski definition) is 3. The van der Waals surface area contributed by atoms with E-state index in [1.807, 2.05) is 0 Å². The van der Waals surface area contributed by atoms with E-state index in [0.29, 0.717) is 12.4 Å². The van der Waals surface area contributed by atoms with Crippen molar-refractivity contribution in [2.45, 2.75) is 19.8 Å². The zero-order chi connectivity index (χ0) is 10.3. The first-order valence-corrected chi connectivity index (χ1v) is 4.40. The number of nitro groups is 1. The fraction of sp³-hybridized carbons (Fsp3) is 0.875. The van der Waals surface area contributed by atoms with Gasteiger partial charge >= 0.3 is 0 Å². The van der Waals surface area contributed by atoms with Crippen molar-refractivity contribution < 1.29 is 4.92 Å². The van der Waals surface area contributed by atoms with Gasteiger partial charge in [0.2, 0.25) is 0 Å². The summed E-state index contributed by atoms with van der Waals surface area (Å²) >= 11 is 0. The number of likely N-dealkylation sites (N-methyl/N-ethyl adjacent to an activating group) is 1. The molecule has 0 spiro atoms. The Morgan fingerprint density at radius 3 is 2.54 bits per heavy atom. The molecule has 0 amide bonds. The maximum Gasteiger partial charge on any atom is 0.260 e. The molecule has 5 heteroatoms. The molecule has 0 N–H and O–H groups in total. The maximum atomic E-state index is 10.2. The Kier molecular flexibility index (Phi) is 5.84. The van der Waals surface area contributed by atoms with E-state index in [9.17, 15) is 10.1 Å². The quantitative estimate of drug-likeness (QED) is 0.212. The lowest BCUT2D eigenvalue weighted by Gasteiger charge is -2.11. The number of nitrogens with zero attached hydrogens (tertiary/aromatic N) is 3. The Bertz CT molecular complexity index is 190. The number of unbranched alkanes of at least 4 members (excludes halogenated alkanes) is 1. The second-order valence-electron chi connectivity index (χ2n) is 3.04. The highest BCUT2D eigenvalue weighted by Crippen LogP contribution is 1.91. The average molecular weight is 187 g/mol. The third-order valence-corrected chi connectivity index (χ3v) is 1.59. The monoisotopic (exact) mass is 187 g/mol. The molecule has 0 saturated heterocycles. The molecule has 13 heavy (non-hydrogen) atoms. The summed E-state index contributed by atoms with van der Waals surface area (Å²) in [6.45, 7) is 2.56. The van der Waals surface area contributed by atoms with Crippen LogP contribution in [0, 0.1) is 10.1 Å². The normalized spacial score (nSPS) is 11.5. The summed E-state index contributed by atoms with van der Waals surface area (Å²) in [5, 5.41) is 10.2. The minimum absolute atomic E-state index is 0.184. The van der Waals surface area contributed by atoms with Gasteiger partial charge in [-0.05, 0) is 6.42 Å². The first kappa shape index (κ1) is 11.9. The van der Waals surface area contributed by atoms with Crippen LogP contribution in [0.2, 0.25) is 0 Å². The van der Waals surface area contributed by atoms with Gasteiger partial charge < -0.3 is 4.90 Å². The molecule has 0 bridgehead atoms. The lowest BCUT2D eigenvalue weighted by Crippen LogP contribution is -2.29. The molecule has 0 unspecified atom stereocenters. The Morgan fingerprint density at radius 2 is 2.15 bits per heavy atom. The minimum atomic E-state index is -0.356. The smallest absolute Gasteiger partial charge is 0.260 e. The van der Waals surface area contributed by atoms with Crippen molar-refractivity contribution in [2.24, 2.45) is 4.99 Å². The fourth-order valence-corrected chi connectivity index (χ4v) is 0.815. The number of amidine groups is 1. The highest BCUT2D eigenvalue weighted by molar-refractivity contribution is 5.82. The second-order valence-corrected chi connectivity index (χ2v) is 3.04. The topological polar surface area (TPSA) is 58.7 Å². The second kappa shape index (κ2) is 6.39. The largest absolute Gasteiger partial charge is 0.361 e. The van der Waals surface area contributed by atoms with Gasteiger partial charge in [0.05, 0.1) is 0 Å². The predicted octanol–water partition coefficient (Wildman–Crippen LogP) is 1.02. The molecule has 76 valence electrons. The van der Waals surface area contributed by atoms with Crippen LogP contribution in [0.15, 0.2) is 4.99 Å². The molecule has 0 saturated carbocycles. The van der Waals surface area contributed by atoms with Crippen LogP contribution >= 0.6 is 0 Å². The highest BCUT2D eigenvalue weighted by Gasteiger charge is 2.08. The van der Waals surface area contributed by atoms with Gasteiger partial charge in [0.25, 0.3) is 6.54 Å².